The van der Waals surface area contributed by atoms with Crippen LogP contribution in [-0.2, 0) is 20.9 Å². The minimum absolute atomic E-state index is 0.282. The molecule has 0 spiro atoms. The van der Waals surface area contributed by atoms with Gasteiger partial charge in [-0.15, -0.1) is 0 Å². The summed E-state index contributed by atoms with van der Waals surface area (Å²) in [4.78, 5) is 23.8. The van der Waals surface area contributed by atoms with E-state index >= 15 is 0 Å². The number of carbonyl (C=O) groups is 2. The van der Waals surface area contributed by atoms with Crippen molar-refractivity contribution in [3.8, 4) is 0 Å². The van der Waals surface area contributed by atoms with Crippen LogP contribution in [0.5, 0.6) is 0 Å². The molecule has 0 aliphatic heterocycles. The van der Waals surface area contributed by atoms with Gasteiger partial charge in [0.15, 0.2) is 6.61 Å². The molecular weight excluding hydrogens is 340 g/mol. The maximum Gasteiger partial charge on any atom is 0.331 e. The standard InChI is InChI=1S/C22H26N2O3/c1-15-6-4-5-7-19(15)13-23-21(25)14-27-22(26)11-8-18-12-16(2)24(17(18)3)20-9-10-20/h4-8,11-12,20H,9-10,13-14H2,1-3H3,(H,23,25)/b11-8+. The molecule has 0 atom stereocenters. The van der Waals surface area contributed by atoms with Crippen LogP contribution in [0.25, 0.3) is 6.08 Å². The van der Waals surface area contributed by atoms with Gasteiger partial charge < -0.3 is 14.6 Å². The van der Waals surface area contributed by atoms with Crippen molar-refractivity contribution in [2.75, 3.05) is 6.61 Å². The van der Waals surface area contributed by atoms with Crippen LogP contribution in [0.4, 0.5) is 0 Å². The SMILES string of the molecule is Cc1ccccc1CNC(=O)COC(=O)/C=C/c1cc(C)n(C2CC2)c1C. The van der Waals surface area contributed by atoms with Crippen LogP contribution in [0, 0.1) is 20.8 Å². The van der Waals surface area contributed by atoms with Crippen molar-refractivity contribution < 1.29 is 14.3 Å². The first-order chi connectivity index (χ1) is 13.0. The van der Waals surface area contributed by atoms with Crippen LogP contribution < -0.4 is 5.32 Å². The molecule has 1 fully saturated rings. The van der Waals surface area contributed by atoms with Crippen molar-refractivity contribution >= 4 is 18.0 Å². The third kappa shape index (κ3) is 4.88. The molecule has 1 aliphatic carbocycles. The van der Waals surface area contributed by atoms with Crippen molar-refractivity contribution in [3.05, 3.63) is 64.5 Å². The largest absolute Gasteiger partial charge is 0.452 e. The number of aromatic nitrogens is 1. The number of rotatable bonds is 7. The van der Waals surface area contributed by atoms with Crippen molar-refractivity contribution in [1.82, 2.24) is 9.88 Å². The van der Waals surface area contributed by atoms with Gasteiger partial charge in [-0.05, 0) is 62.4 Å². The third-order valence-electron chi connectivity index (χ3n) is 4.92. The third-order valence-corrected chi connectivity index (χ3v) is 4.92. The Hall–Kier alpha value is -2.82. The number of amides is 1. The molecule has 5 nitrogen and oxygen atoms in total. The Labute approximate surface area is 160 Å². The fraction of sp³-hybridized carbons (Fsp3) is 0.364. The number of benzene rings is 1. The summed E-state index contributed by atoms with van der Waals surface area (Å²) in [6.45, 7) is 6.28. The number of hydrogen-bond donors (Lipinski definition) is 1. The van der Waals surface area contributed by atoms with E-state index in [0.717, 1.165) is 22.4 Å². The summed E-state index contributed by atoms with van der Waals surface area (Å²) in [5.74, 6) is -0.829. The topological polar surface area (TPSA) is 60.3 Å². The van der Waals surface area contributed by atoms with Gasteiger partial charge >= 0.3 is 5.97 Å². The molecule has 1 aromatic heterocycles. The summed E-state index contributed by atoms with van der Waals surface area (Å²) in [7, 11) is 0. The van der Waals surface area contributed by atoms with Gasteiger partial charge in [-0.25, -0.2) is 4.79 Å². The number of esters is 1. The van der Waals surface area contributed by atoms with E-state index in [9.17, 15) is 9.59 Å². The van der Waals surface area contributed by atoms with Gasteiger partial charge in [0, 0.05) is 30.1 Å². The number of nitrogens with zero attached hydrogens (tertiary/aromatic N) is 1. The normalized spacial score (nSPS) is 13.7. The van der Waals surface area contributed by atoms with Crippen LogP contribution in [0.15, 0.2) is 36.4 Å². The average Bonchev–Trinajstić information content (AvgIpc) is 3.43. The highest BCUT2D eigenvalue weighted by atomic mass is 16.5. The lowest BCUT2D eigenvalue weighted by Crippen LogP contribution is -2.28. The van der Waals surface area contributed by atoms with Gasteiger partial charge in [-0.2, -0.15) is 0 Å². The second kappa shape index (κ2) is 8.25. The minimum atomic E-state index is -0.516. The van der Waals surface area contributed by atoms with Crippen LogP contribution in [0.1, 0.15) is 47.0 Å². The molecule has 1 aromatic carbocycles. The summed E-state index contributed by atoms with van der Waals surface area (Å²) < 4.78 is 7.36. The molecule has 1 heterocycles. The predicted molar refractivity (Wildman–Crippen MR) is 105 cm³/mol. The van der Waals surface area contributed by atoms with Gasteiger partial charge in [0.25, 0.3) is 5.91 Å². The molecule has 0 saturated heterocycles. The molecule has 27 heavy (non-hydrogen) atoms. The summed E-state index contributed by atoms with van der Waals surface area (Å²) in [6, 6.07) is 10.5. The Kier molecular flexibility index (Phi) is 5.79. The van der Waals surface area contributed by atoms with E-state index < -0.39 is 5.97 Å². The van der Waals surface area contributed by atoms with Gasteiger partial charge in [-0.1, -0.05) is 24.3 Å². The van der Waals surface area contributed by atoms with E-state index in [1.165, 1.54) is 24.6 Å². The highest BCUT2D eigenvalue weighted by Gasteiger charge is 2.26. The molecule has 0 radical (unpaired) electrons. The molecule has 1 amide bonds. The van der Waals surface area contributed by atoms with E-state index in [1.807, 2.05) is 31.2 Å². The van der Waals surface area contributed by atoms with Crippen LogP contribution in [-0.4, -0.2) is 23.1 Å². The second-order valence-corrected chi connectivity index (χ2v) is 7.07. The minimum Gasteiger partial charge on any atom is -0.452 e. The quantitative estimate of drug-likeness (QED) is 0.601. The van der Waals surface area contributed by atoms with Crippen LogP contribution in [0.2, 0.25) is 0 Å². The van der Waals surface area contributed by atoms with E-state index in [0.29, 0.717) is 12.6 Å². The van der Waals surface area contributed by atoms with Crippen molar-refractivity contribution in [2.45, 2.75) is 46.2 Å². The lowest BCUT2D eigenvalue weighted by molar-refractivity contribution is -0.143. The highest BCUT2D eigenvalue weighted by Crippen LogP contribution is 2.38. The van der Waals surface area contributed by atoms with E-state index in [-0.39, 0.29) is 12.5 Å². The molecule has 1 aliphatic rings. The van der Waals surface area contributed by atoms with Gasteiger partial charge in [0.05, 0.1) is 0 Å². The first-order valence-electron chi connectivity index (χ1n) is 9.30. The Bertz CT molecular complexity index is 876. The summed E-state index contributed by atoms with van der Waals surface area (Å²) in [5, 5.41) is 2.76. The monoisotopic (exact) mass is 366 g/mol. The summed E-state index contributed by atoms with van der Waals surface area (Å²) in [5.41, 5.74) is 5.54. The van der Waals surface area contributed by atoms with E-state index in [1.54, 1.807) is 6.08 Å². The second-order valence-electron chi connectivity index (χ2n) is 7.07. The van der Waals surface area contributed by atoms with Crippen molar-refractivity contribution in [1.29, 1.82) is 0 Å². The predicted octanol–water partition coefficient (Wildman–Crippen LogP) is 3.62. The molecule has 142 valence electrons. The Balaban J connectivity index is 1.47. The zero-order chi connectivity index (χ0) is 19.4. The summed E-state index contributed by atoms with van der Waals surface area (Å²) >= 11 is 0. The number of aryl methyl sites for hydroxylation is 2. The number of hydrogen-bond acceptors (Lipinski definition) is 3. The smallest absolute Gasteiger partial charge is 0.331 e. The van der Waals surface area contributed by atoms with Crippen molar-refractivity contribution in [2.24, 2.45) is 0 Å². The number of carbonyl (C=O) groups excluding carboxylic acids is 2. The fourth-order valence-corrected chi connectivity index (χ4v) is 3.26. The number of ether oxygens (including phenoxy) is 1. The fourth-order valence-electron chi connectivity index (χ4n) is 3.26. The molecule has 3 rings (SSSR count). The zero-order valence-corrected chi connectivity index (χ0v) is 16.1. The van der Waals surface area contributed by atoms with Crippen molar-refractivity contribution in [3.63, 3.8) is 0 Å². The molecule has 2 aromatic rings. The maximum atomic E-state index is 11.9. The molecule has 0 unspecified atom stereocenters. The molecule has 0 bridgehead atoms. The highest BCUT2D eigenvalue weighted by molar-refractivity contribution is 5.89. The lowest BCUT2D eigenvalue weighted by Gasteiger charge is -2.08. The summed E-state index contributed by atoms with van der Waals surface area (Å²) in [6.07, 6.45) is 5.58. The molecule has 5 heteroatoms. The van der Waals surface area contributed by atoms with E-state index in [2.05, 4.69) is 29.8 Å². The van der Waals surface area contributed by atoms with Gasteiger partial charge in [0.2, 0.25) is 0 Å². The van der Waals surface area contributed by atoms with Gasteiger partial charge in [-0.3, -0.25) is 4.79 Å². The Morgan fingerprint density at radius 2 is 1.96 bits per heavy atom. The Morgan fingerprint density at radius 3 is 2.67 bits per heavy atom. The average molecular weight is 366 g/mol. The zero-order valence-electron chi connectivity index (χ0n) is 16.1. The molecule has 1 saturated carbocycles. The van der Waals surface area contributed by atoms with Crippen LogP contribution in [0.3, 0.4) is 0 Å². The molecular formula is C22H26N2O3. The molecule has 1 N–H and O–H groups in total. The van der Waals surface area contributed by atoms with Crippen LogP contribution >= 0.6 is 0 Å². The number of nitrogens with one attached hydrogen (secondary N) is 1. The Morgan fingerprint density at radius 1 is 1.22 bits per heavy atom. The maximum absolute atomic E-state index is 11.9. The first-order valence-corrected chi connectivity index (χ1v) is 9.30. The lowest BCUT2D eigenvalue weighted by atomic mass is 10.1. The van der Waals surface area contributed by atoms with E-state index in [4.69, 9.17) is 4.74 Å². The first kappa shape index (κ1) is 19.0. The van der Waals surface area contributed by atoms with Gasteiger partial charge in [0.1, 0.15) is 0 Å².